The molecule has 0 saturated carbocycles. The molecule has 3 aromatic carbocycles. The van der Waals surface area contributed by atoms with Crippen LogP contribution in [0.2, 0.25) is 0 Å². The number of nitrogens with one attached hydrogen (secondary N) is 1. The molecule has 1 unspecified atom stereocenters. The summed E-state index contributed by atoms with van der Waals surface area (Å²) in [5, 5.41) is 12.9. The molecule has 0 amide bonds. The van der Waals surface area contributed by atoms with Gasteiger partial charge < -0.3 is 11.1 Å². The second kappa shape index (κ2) is 15.9. The Hall–Kier alpha value is -2.74. The Morgan fingerprint density at radius 1 is 0.521 bits per heavy atom. The van der Waals surface area contributed by atoms with E-state index in [9.17, 15) is 0 Å². The zero-order valence-electron chi connectivity index (χ0n) is 28.4. The van der Waals surface area contributed by atoms with Crippen molar-refractivity contribution in [3.05, 3.63) is 77.7 Å². The van der Waals surface area contributed by atoms with Crippen LogP contribution in [0, 0.1) is 0 Å². The Bertz CT molecular complexity index is 2110. The summed E-state index contributed by atoms with van der Waals surface area (Å²) in [6.45, 7) is 5.62. The first-order chi connectivity index (χ1) is 23.6. The Morgan fingerprint density at radius 3 is 1.73 bits per heavy atom. The van der Waals surface area contributed by atoms with Gasteiger partial charge >= 0.3 is 0 Å². The number of hydrogen-bond acceptors (Lipinski definition) is 6. The Morgan fingerprint density at radius 2 is 1.08 bits per heavy atom. The fraction of sp³-hybridized carbons (Fsp3) is 0.381. The number of hydrogen-bond donors (Lipinski definition) is 2. The molecule has 0 bridgehead atoms. The van der Waals surface area contributed by atoms with E-state index in [1.807, 2.05) is 45.3 Å². The predicted octanol–water partition coefficient (Wildman–Crippen LogP) is 15.0. The fourth-order valence-corrected chi connectivity index (χ4v) is 11.2. The van der Waals surface area contributed by atoms with E-state index in [0.717, 1.165) is 13.0 Å². The van der Waals surface area contributed by atoms with Crippen LogP contribution in [0.15, 0.2) is 72.8 Å². The van der Waals surface area contributed by atoms with E-state index < -0.39 is 0 Å². The van der Waals surface area contributed by atoms with Crippen molar-refractivity contribution in [3.8, 4) is 19.5 Å². The van der Waals surface area contributed by atoms with Crippen molar-refractivity contribution in [1.29, 1.82) is 0 Å². The van der Waals surface area contributed by atoms with Crippen molar-refractivity contribution < 1.29 is 0 Å². The number of fused-ring (bicyclic) bond motifs is 5. The van der Waals surface area contributed by atoms with Crippen LogP contribution >= 0.6 is 45.3 Å². The Kier molecular flexibility index (Phi) is 11.2. The monoisotopic (exact) mass is 708 g/mol. The van der Waals surface area contributed by atoms with Gasteiger partial charge in [0.25, 0.3) is 0 Å². The molecule has 0 radical (unpaired) electrons. The van der Waals surface area contributed by atoms with Gasteiger partial charge in [-0.25, -0.2) is 0 Å². The molecule has 4 aromatic heterocycles. The number of unbranched alkanes of at least 4 members (excludes halogenated alkanes) is 9. The van der Waals surface area contributed by atoms with Gasteiger partial charge in [-0.05, 0) is 106 Å². The van der Waals surface area contributed by atoms with Gasteiger partial charge in [0.1, 0.15) is 0 Å². The van der Waals surface area contributed by atoms with Crippen molar-refractivity contribution >= 4 is 92.1 Å². The normalized spacial score (nSPS) is 12.6. The van der Waals surface area contributed by atoms with Gasteiger partial charge in [0, 0.05) is 46.4 Å². The van der Waals surface area contributed by atoms with Gasteiger partial charge in [-0.3, -0.25) is 0 Å². The maximum absolute atomic E-state index is 6.62. The fourth-order valence-electron chi connectivity index (χ4n) is 6.85. The first-order valence-electron chi connectivity index (χ1n) is 18.1. The third-order valence-corrected chi connectivity index (χ3v) is 14.5. The molecule has 0 aliphatic heterocycles. The highest BCUT2D eigenvalue weighted by Crippen LogP contribution is 2.43. The van der Waals surface area contributed by atoms with E-state index >= 15 is 0 Å². The maximum atomic E-state index is 6.62. The predicted molar refractivity (Wildman–Crippen MR) is 221 cm³/mol. The zero-order valence-corrected chi connectivity index (χ0v) is 31.7. The van der Waals surface area contributed by atoms with Crippen LogP contribution in [0.1, 0.15) is 102 Å². The Balaban J connectivity index is 1.08. The molecular weight excluding hydrogens is 661 g/mol. The topological polar surface area (TPSA) is 38.0 Å². The van der Waals surface area contributed by atoms with Gasteiger partial charge in [-0.1, -0.05) is 90.2 Å². The van der Waals surface area contributed by atoms with Crippen molar-refractivity contribution in [2.24, 2.45) is 5.73 Å². The molecule has 0 aliphatic rings. The molecule has 0 aliphatic carbocycles. The molecule has 0 saturated heterocycles. The first kappa shape index (κ1) is 33.7. The van der Waals surface area contributed by atoms with Gasteiger partial charge in [0.05, 0.1) is 5.00 Å². The largest absolute Gasteiger partial charge is 0.377 e. The van der Waals surface area contributed by atoms with Gasteiger partial charge in [-0.2, -0.15) is 0 Å². The van der Waals surface area contributed by atoms with Gasteiger partial charge in [0.15, 0.2) is 0 Å². The molecule has 2 nitrogen and oxygen atoms in total. The molecule has 4 heterocycles. The average Bonchev–Trinajstić information content (AvgIpc) is 3.91. The third kappa shape index (κ3) is 7.69. The minimum atomic E-state index is 0.150. The summed E-state index contributed by atoms with van der Waals surface area (Å²) in [5.41, 5.74) is 6.62. The van der Waals surface area contributed by atoms with Crippen LogP contribution in [0.25, 0.3) is 61.2 Å². The van der Waals surface area contributed by atoms with Crippen LogP contribution in [0.4, 0.5) is 5.00 Å². The Labute approximate surface area is 302 Å². The summed E-state index contributed by atoms with van der Waals surface area (Å²) in [5.74, 6) is 0. The molecule has 48 heavy (non-hydrogen) atoms. The molecule has 7 rings (SSSR count). The van der Waals surface area contributed by atoms with E-state index in [0.29, 0.717) is 0 Å². The molecule has 3 N–H and O–H groups in total. The summed E-state index contributed by atoms with van der Waals surface area (Å²) in [6, 6.07) is 28.2. The molecule has 250 valence electrons. The molecule has 0 spiro atoms. The summed E-state index contributed by atoms with van der Waals surface area (Å²) < 4.78 is 2.71. The minimum Gasteiger partial charge on any atom is -0.377 e. The minimum absolute atomic E-state index is 0.150. The highest BCUT2D eigenvalue weighted by molar-refractivity contribution is 7.27. The van der Waals surface area contributed by atoms with Crippen LogP contribution in [0.5, 0.6) is 0 Å². The van der Waals surface area contributed by atoms with Gasteiger partial charge in [-0.15, -0.1) is 45.3 Å². The van der Waals surface area contributed by atoms with Crippen molar-refractivity contribution in [2.45, 2.75) is 96.9 Å². The quantitative estimate of drug-likeness (QED) is 0.0730. The van der Waals surface area contributed by atoms with Crippen LogP contribution in [-0.2, 0) is 0 Å². The van der Waals surface area contributed by atoms with E-state index in [-0.39, 0.29) is 6.04 Å². The van der Waals surface area contributed by atoms with E-state index in [1.54, 1.807) is 0 Å². The molecular formula is C42H48N2S4. The SMILES string of the molecule is CCCCCCCCNc1ccc(-c2cc3cc4ccc5cc6cc(-c7ccc(C(N)CCCCCCC)s7)sc6cc5c4cc3s2)s1. The van der Waals surface area contributed by atoms with E-state index in [1.165, 1.54) is 142 Å². The number of thiophene rings is 4. The van der Waals surface area contributed by atoms with Crippen molar-refractivity contribution in [3.63, 3.8) is 0 Å². The summed E-state index contributed by atoms with van der Waals surface area (Å²) >= 11 is 7.60. The number of rotatable bonds is 17. The summed E-state index contributed by atoms with van der Waals surface area (Å²) in [7, 11) is 0. The zero-order chi connectivity index (χ0) is 32.9. The number of anilines is 1. The number of nitrogens with two attached hydrogens (primary N) is 1. The lowest BCUT2D eigenvalue weighted by Crippen LogP contribution is -2.08. The maximum Gasteiger partial charge on any atom is 0.0889 e. The van der Waals surface area contributed by atoms with E-state index in [4.69, 9.17) is 5.73 Å². The average molecular weight is 709 g/mol. The third-order valence-electron chi connectivity index (χ3n) is 9.64. The standard InChI is InChI=1S/C42H48N2S4/c1-3-5-7-9-11-13-21-44-42-20-19-37(48-42)41-25-31-23-29-16-15-28-22-30-24-40(46-38(30)26-32(28)33(29)27-39(31)47-41)36-18-17-35(45-36)34(43)14-12-10-8-6-4-2/h15-20,22-27,34,44H,3-14,21,43H2,1-2H3. The van der Waals surface area contributed by atoms with Crippen molar-refractivity contribution in [1.82, 2.24) is 0 Å². The molecule has 6 heteroatoms. The van der Waals surface area contributed by atoms with E-state index in [2.05, 4.69) is 92.0 Å². The lowest BCUT2D eigenvalue weighted by atomic mass is 10.00. The highest BCUT2D eigenvalue weighted by Gasteiger charge is 2.14. The molecule has 7 aromatic rings. The summed E-state index contributed by atoms with van der Waals surface area (Å²) in [4.78, 5) is 6.71. The first-order valence-corrected chi connectivity index (χ1v) is 21.4. The van der Waals surface area contributed by atoms with Crippen molar-refractivity contribution in [2.75, 3.05) is 11.9 Å². The number of benzene rings is 3. The van der Waals surface area contributed by atoms with Crippen LogP contribution in [-0.4, -0.2) is 6.54 Å². The van der Waals surface area contributed by atoms with Crippen LogP contribution < -0.4 is 11.1 Å². The summed E-state index contributed by atoms with van der Waals surface area (Å²) in [6.07, 6.45) is 15.6. The van der Waals surface area contributed by atoms with Gasteiger partial charge in [0.2, 0.25) is 0 Å². The second-order valence-corrected chi connectivity index (χ2v) is 17.7. The lowest BCUT2D eigenvalue weighted by Gasteiger charge is -2.08. The molecule has 0 fully saturated rings. The molecule has 1 atom stereocenters. The smallest absolute Gasteiger partial charge is 0.0889 e. The second-order valence-electron chi connectivity index (χ2n) is 13.4. The lowest BCUT2D eigenvalue weighted by molar-refractivity contribution is 0.559. The highest BCUT2D eigenvalue weighted by atomic mass is 32.1. The van der Waals surface area contributed by atoms with Crippen LogP contribution in [0.3, 0.4) is 0 Å².